The Balaban J connectivity index is 1.83. The Kier molecular flexibility index (Phi) is 4.57. The van der Waals surface area contributed by atoms with E-state index in [0.29, 0.717) is 5.56 Å². The molecule has 4 rings (SSSR count). The molecule has 28 heavy (non-hydrogen) atoms. The molecule has 1 radical (unpaired) electrons. The fourth-order valence-electron chi connectivity index (χ4n) is 3.26. The molecule has 0 unspecified atom stereocenters. The third-order valence-corrected chi connectivity index (χ3v) is 4.70. The molecule has 0 fully saturated rings. The van der Waals surface area contributed by atoms with Crippen molar-refractivity contribution in [3.8, 4) is 28.0 Å². The minimum Gasteiger partial charge on any atom is -0.496 e. The third-order valence-electron chi connectivity index (χ3n) is 4.70. The number of nitrogens with zero attached hydrogens (tertiary/aromatic N) is 2. The Morgan fingerprint density at radius 1 is 1.11 bits per heavy atom. The van der Waals surface area contributed by atoms with Crippen LogP contribution >= 0.6 is 0 Å². The van der Waals surface area contributed by atoms with Gasteiger partial charge in [0.25, 0.3) is 5.91 Å². The van der Waals surface area contributed by atoms with Gasteiger partial charge in [0, 0.05) is 54.1 Å². The Bertz CT molecular complexity index is 1160. The highest BCUT2D eigenvalue weighted by atomic mass is 16.5. The van der Waals surface area contributed by atoms with E-state index in [1.54, 1.807) is 32.2 Å². The first-order chi connectivity index (χ1) is 13.6. The molecule has 0 saturated carbocycles. The fraction of sp³-hybridized carbons (Fsp3) is 0.130. The third kappa shape index (κ3) is 3.11. The molecule has 0 spiro atoms. The molecule has 0 saturated heterocycles. The molecule has 5 nitrogen and oxygen atoms in total. The lowest BCUT2D eigenvalue weighted by Crippen LogP contribution is -2.21. The van der Waals surface area contributed by atoms with E-state index in [2.05, 4.69) is 22.1 Å². The van der Waals surface area contributed by atoms with Gasteiger partial charge >= 0.3 is 0 Å². The summed E-state index contributed by atoms with van der Waals surface area (Å²) in [6, 6.07) is 18.6. The van der Waals surface area contributed by atoms with Crippen molar-refractivity contribution in [1.29, 1.82) is 0 Å². The van der Waals surface area contributed by atoms with Gasteiger partial charge in [-0.1, -0.05) is 30.3 Å². The van der Waals surface area contributed by atoms with Gasteiger partial charge in [-0.3, -0.25) is 4.79 Å². The van der Waals surface area contributed by atoms with Gasteiger partial charge in [-0.25, -0.2) is 4.98 Å². The summed E-state index contributed by atoms with van der Waals surface area (Å²) in [5, 5.41) is 0.996. The van der Waals surface area contributed by atoms with Crippen molar-refractivity contribution < 1.29 is 9.53 Å². The molecule has 1 amide bonds. The number of hydrogen-bond donors (Lipinski definition) is 1. The van der Waals surface area contributed by atoms with Crippen molar-refractivity contribution in [2.75, 3.05) is 21.2 Å². The number of para-hydroxylation sites is 1. The molecule has 2 heterocycles. The number of carbonyl (C=O) groups is 1. The van der Waals surface area contributed by atoms with Crippen LogP contribution in [0.25, 0.3) is 33.3 Å². The van der Waals surface area contributed by atoms with Crippen LogP contribution in [-0.4, -0.2) is 42.0 Å². The van der Waals surface area contributed by atoms with Gasteiger partial charge in [-0.05, 0) is 29.8 Å². The van der Waals surface area contributed by atoms with E-state index in [1.165, 1.54) is 0 Å². The molecule has 2 aromatic carbocycles. The number of benzene rings is 2. The van der Waals surface area contributed by atoms with E-state index >= 15 is 0 Å². The highest BCUT2D eigenvalue weighted by Crippen LogP contribution is 2.36. The van der Waals surface area contributed by atoms with Crippen molar-refractivity contribution in [2.24, 2.45) is 0 Å². The van der Waals surface area contributed by atoms with Gasteiger partial charge in [0.15, 0.2) is 0 Å². The number of ether oxygens (including phenoxy) is 1. The molecule has 0 bridgehead atoms. The predicted octanol–water partition coefficient (Wildman–Crippen LogP) is 4.41. The number of rotatable bonds is 4. The quantitative estimate of drug-likeness (QED) is 0.579. The van der Waals surface area contributed by atoms with Crippen LogP contribution in [-0.2, 0) is 0 Å². The average molecular weight is 370 g/mol. The number of fused-ring (bicyclic) bond motifs is 1. The van der Waals surface area contributed by atoms with E-state index in [0.717, 1.165) is 39.0 Å². The molecule has 5 heteroatoms. The number of aromatic amines is 1. The first kappa shape index (κ1) is 17.8. The standard InChI is InChI=1S/C23H20N3O2/c1-26(2)23(27)16-8-6-7-15(11-16)17-12-19-20(14-25-22(19)24-13-17)18-9-4-5-10-21(18)28-3/h4-7,9-14H,1-3H3,(H,24,25). The van der Waals surface area contributed by atoms with Gasteiger partial charge in [0.2, 0.25) is 0 Å². The maximum atomic E-state index is 12.3. The van der Waals surface area contributed by atoms with Crippen molar-refractivity contribution >= 4 is 16.9 Å². The summed E-state index contributed by atoms with van der Waals surface area (Å²) in [5.41, 5.74) is 5.21. The maximum Gasteiger partial charge on any atom is 0.253 e. The summed E-state index contributed by atoms with van der Waals surface area (Å²) < 4.78 is 5.52. The minimum absolute atomic E-state index is 0.0766. The lowest BCUT2D eigenvalue weighted by Gasteiger charge is -2.11. The van der Waals surface area contributed by atoms with Crippen LogP contribution in [0, 0.1) is 6.07 Å². The van der Waals surface area contributed by atoms with Gasteiger partial charge in [-0.2, -0.15) is 0 Å². The number of methoxy groups -OCH3 is 1. The van der Waals surface area contributed by atoms with Gasteiger partial charge in [0.05, 0.1) is 7.11 Å². The number of amides is 1. The summed E-state index contributed by atoms with van der Waals surface area (Å²) in [6.07, 6.45) is 3.75. The zero-order chi connectivity index (χ0) is 19.7. The molecular weight excluding hydrogens is 350 g/mol. The first-order valence-corrected chi connectivity index (χ1v) is 8.93. The van der Waals surface area contributed by atoms with Gasteiger partial charge < -0.3 is 14.6 Å². The summed E-state index contributed by atoms with van der Waals surface area (Å²) in [5.74, 6) is 0.731. The van der Waals surface area contributed by atoms with Crippen molar-refractivity contribution in [2.45, 2.75) is 0 Å². The SMILES string of the molecule is COc1ccccc1-c1c[nH]c2ncc(-c3cc[c]c(C(=O)N(C)C)c3)cc12. The smallest absolute Gasteiger partial charge is 0.253 e. The number of hydrogen-bond acceptors (Lipinski definition) is 3. The van der Waals surface area contributed by atoms with E-state index in [1.807, 2.05) is 48.8 Å². The molecule has 0 aliphatic carbocycles. The number of pyridine rings is 1. The Morgan fingerprint density at radius 2 is 1.93 bits per heavy atom. The van der Waals surface area contributed by atoms with Crippen LogP contribution in [0.15, 0.2) is 60.9 Å². The normalized spacial score (nSPS) is 10.8. The molecule has 0 aliphatic heterocycles. The molecule has 2 aromatic heterocycles. The molecular formula is C23H20N3O2. The Labute approximate surface area is 163 Å². The van der Waals surface area contributed by atoms with Crippen LogP contribution in [0.2, 0.25) is 0 Å². The molecule has 0 atom stereocenters. The second-order valence-corrected chi connectivity index (χ2v) is 6.71. The van der Waals surface area contributed by atoms with E-state index in [9.17, 15) is 4.79 Å². The monoisotopic (exact) mass is 370 g/mol. The van der Waals surface area contributed by atoms with E-state index in [4.69, 9.17) is 4.74 Å². The molecule has 1 N–H and O–H groups in total. The highest BCUT2D eigenvalue weighted by molar-refractivity contribution is 5.98. The average Bonchev–Trinajstić information content (AvgIpc) is 3.16. The van der Waals surface area contributed by atoms with Crippen molar-refractivity contribution in [3.05, 3.63) is 72.6 Å². The number of nitrogens with one attached hydrogen (secondary N) is 1. The maximum absolute atomic E-state index is 12.3. The Hall–Kier alpha value is -3.60. The van der Waals surface area contributed by atoms with Gasteiger partial charge in [-0.15, -0.1) is 0 Å². The zero-order valence-corrected chi connectivity index (χ0v) is 16.0. The highest BCUT2D eigenvalue weighted by Gasteiger charge is 2.14. The van der Waals surface area contributed by atoms with Crippen LogP contribution in [0.4, 0.5) is 0 Å². The zero-order valence-electron chi connectivity index (χ0n) is 16.0. The van der Waals surface area contributed by atoms with Crippen LogP contribution in [0.3, 0.4) is 0 Å². The lowest BCUT2D eigenvalue weighted by atomic mass is 10.0. The Morgan fingerprint density at radius 3 is 2.71 bits per heavy atom. The summed E-state index contributed by atoms with van der Waals surface area (Å²) in [7, 11) is 5.13. The number of aromatic nitrogens is 2. The second kappa shape index (κ2) is 7.19. The molecule has 139 valence electrons. The summed E-state index contributed by atoms with van der Waals surface area (Å²) >= 11 is 0. The largest absolute Gasteiger partial charge is 0.496 e. The number of H-pyrrole nitrogens is 1. The van der Waals surface area contributed by atoms with Crippen LogP contribution in [0.1, 0.15) is 10.4 Å². The second-order valence-electron chi connectivity index (χ2n) is 6.71. The fourth-order valence-corrected chi connectivity index (χ4v) is 3.26. The molecule has 0 aliphatic rings. The summed E-state index contributed by atoms with van der Waals surface area (Å²) in [6.45, 7) is 0. The van der Waals surface area contributed by atoms with Crippen LogP contribution in [0.5, 0.6) is 5.75 Å². The van der Waals surface area contributed by atoms with Crippen molar-refractivity contribution in [1.82, 2.24) is 14.9 Å². The van der Waals surface area contributed by atoms with Crippen molar-refractivity contribution in [3.63, 3.8) is 0 Å². The lowest BCUT2D eigenvalue weighted by molar-refractivity contribution is 0.0827. The van der Waals surface area contributed by atoms with Gasteiger partial charge in [0.1, 0.15) is 11.4 Å². The predicted molar refractivity (Wildman–Crippen MR) is 110 cm³/mol. The number of carbonyl (C=O) groups excluding carboxylic acids is 1. The first-order valence-electron chi connectivity index (χ1n) is 8.93. The van der Waals surface area contributed by atoms with E-state index in [-0.39, 0.29) is 5.91 Å². The molecule has 4 aromatic rings. The summed E-state index contributed by atoms with van der Waals surface area (Å²) in [4.78, 5) is 21.6. The van der Waals surface area contributed by atoms with E-state index < -0.39 is 0 Å². The minimum atomic E-state index is -0.0766. The van der Waals surface area contributed by atoms with Crippen LogP contribution < -0.4 is 4.74 Å². The topological polar surface area (TPSA) is 58.2 Å².